The molecule has 7 nitrogen and oxygen atoms in total. The van der Waals surface area contributed by atoms with Gasteiger partial charge in [-0.3, -0.25) is 4.79 Å². The Hall–Kier alpha value is -3.09. The van der Waals surface area contributed by atoms with Gasteiger partial charge >= 0.3 is 5.97 Å². The number of carboxylic acids is 1. The Kier molecular flexibility index (Phi) is 3.76. The molecule has 3 heterocycles. The fourth-order valence-corrected chi connectivity index (χ4v) is 3.30. The van der Waals surface area contributed by atoms with Gasteiger partial charge in [0.1, 0.15) is 11.4 Å². The van der Waals surface area contributed by atoms with Crippen molar-refractivity contribution in [1.29, 1.82) is 0 Å². The Labute approximate surface area is 143 Å². The second kappa shape index (κ2) is 6.08. The van der Waals surface area contributed by atoms with Crippen LogP contribution in [0.15, 0.2) is 36.4 Å². The highest BCUT2D eigenvalue weighted by Gasteiger charge is 2.32. The molecule has 1 amide bonds. The van der Waals surface area contributed by atoms with Crippen LogP contribution in [0.3, 0.4) is 0 Å². The van der Waals surface area contributed by atoms with E-state index in [-0.39, 0.29) is 30.1 Å². The molecule has 1 saturated heterocycles. The number of pyridine rings is 1. The zero-order valence-corrected chi connectivity index (χ0v) is 13.3. The van der Waals surface area contributed by atoms with E-state index in [0.717, 1.165) is 18.4 Å². The van der Waals surface area contributed by atoms with Crippen LogP contribution in [0, 0.1) is 0 Å². The number of benzene rings is 1. The van der Waals surface area contributed by atoms with Crippen LogP contribution in [0.5, 0.6) is 11.5 Å². The highest BCUT2D eigenvalue weighted by molar-refractivity contribution is 5.94. The number of carboxylic acid groups (broad SMARTS) is 1. The predicted octanol–water partition coefficient (Wildman–Crippen LogP) is 2.49. The van der Waals surface area contributed by atoms with Crippen molar-refractivity contribution in [2.75, 3.05) is 13.3 Å². The fraction of sp³-hybridized carbons (Fsp3) is 0.278. The van der Waals surface area contributed by atoms with Crippen LogP contribution in [0.2, 0.25) is 0 Å². The maximum atomic E-state index is 12.9. The van der Waals surface area contributed by atoms with Crippen molar-refractivity contribution >= 4 is 11.9 Å². The minimum atomic E-state index is -1.15. The van der Waals surface area contributed by atoms with Crippen LogP contribution in [0.25, 0.3) is 0 Å². The summed E-state index contributed by atoms with van der Waals surface area (Å²) in [5, 5.41) is 9.06. The molecule has 7 heteroatoms. The largest absolute Gasteiger partial charge is 0.477 e. The Balaban J connectivity index is 1.62. The van der Waals surface area contributed by atoms with Gasteiger partial charge in [0.2, 0.25) is 6.79 Å². The molecule has 4 rings (SSSR count). The number of nitrogens with zero attached hydrogens (tertiary/aromatic N) is 2. The lowest BCUT2D eigenvalue weighted by Gasteiger charge is -2.25. The Morgan fingerprint density at radius 1 is 1.12 bits per heavy atom. The molecule has 2 aliphatic heterocycles. The molecule has 1 fully saturated rings. The van der Waals surface area contributed by atoms with Gasteiger partial charge < -0.3 is 19.5 Å². The van der Waals surface area contributed by atoms with Crippen LogP contribution in [0.4, 0.5) is 0 Å². The summed E-state index contributed by atoms with van der Waals surface area (Å²) < 4.78 is 10.7. The minimum Gasteiger partial charge on any atom is -0.477 e. The maximum absolute atomic E-state index is 12.9. The van der Waals surface area contributed by atoms with E-state index in [9.17, 15) is 9.59 Å². The first-order valence-corrected chi connectivity index (χ1v) is 8.04. The van der Waals surface area contributed by atoms with E-state index in [1.165, 1.54) is 12.1 Å². The summed E-state index contributed by atoms with van der Waals surface area (Å²) in [6, 6.07) is 10.1. The predicted molar refractivity (Wildman–Crippen MR) is 86.8 cm³/mol. The van der Waals surface area contributed by atoms with Crippen LogP contribution in [-0.2, 0) is 0 Å². The first-order chi connectivity index (χ1) is 12.1. The summed E-state index contributed by atoms with van der Waals surface area (Å²) in [5.41, 5.74) is 0.988. The Morgan fingerprint density at radius 2 is 1.92 bits per heavy atom. The summed E-state index contributed by atoms with van der Waals surface area (Å²) in [6.07, 6.45) is 1.72. The van der Waals surface area contributed by atoms with E-state index in [4.69, 9.17) is 14.6 Å². The molecular formula is C18H16N2O5. The molecule has 1 unspecified atom stereocenters. The quantitative estimate of drug-likeness (QED) is 0.923. The van der Waals surface area contributed by atoms with Gasteiger partial charge in [0.05, 0.1) is 6.04 Å². The first-order valence-electron chi connectivity index (χ1n) is 8.04. The molecule has 1 aromatic carbocycles. The van der Waals surface area contributed by atoms with Gasteiger partial charge in [-0.1, -0.05) is 12.1 Å². The average Bonchev–Trinajstić information content (AvgIpc) is 3.29. The van der Waals surface area contributed by atoms with E-state index in [1.807, 2.05) is 18.2 Å². The van der Waals surface area contributed by atoms with Crippen molar-refractivity contribution in [3.63, 3.8) is 0 Å². The lowest BCUT2D eigenvalue weighted by atomic mass is 10.0. The summed E-state index contributed by atoms with van der Waals surface area (Å²) in [4.78, 5) is 29.6. The summed E-state index contributed by atoms with van der Waals surface area (Å²) in [7, 11) is 0. The van der Waals surface area contributed by atoms with E-state index in [1.54, 1.807) is 11.0 Å². The van der Waals surface area contributed by atoms with E-state index < -0.39 is 5.97 Å². The van der Waals surface area contributed by atoms with E-state index >= 15 is 0 Å². The molecule has 0 spiro atoms. The fourth-order valence-electron chi connectivity index (χ4n) is 3.30. The van der Waals surface area contributed by atoms with Crippen molar-refractivity contribution in [3.05, 3.63) is 53.3 Å². The zero-order valence-electron chi connectivity index (χ0n) is 13.3. The highest BCUT2D eigenvalue weighted by Crippen LogP contribution is 2.39. The van der Waals surface area contributed by atoms with Crippen LogP contribution < -0.4 is 9.47 Å². The molecule has 1 aromatic heterocycles. The van der Waals surface area contributed by atoms with Gasteiger partial charge in [-0.25, -0.2) is 9.78 Å². The average molecular weight is 340 g/mol. The number of ether oxygens (including phenoxy) is 2. The molecule has 0 saturated carbocycles. The van der Waals surface area contributed by atoms with Gasteiger partial charge in [0, 0.05) is 6.54 Å². The van der Waals surface area contributed by atoms with E-state index in [2.05, 4.69) is 4.98 Å². The zero-order chi connectivity index (χ0) is 17.4. The molecule has 0 aliphatic carbocycles. The second-order valence-corrected chi connectivity index (χ2v) is 5.98. The monoisotopic (exact) mass is 340 g/mol. The SMILES string of the molecule is O=C(O)c1cccc(C(=O)N2CCCC2c2ccc3c(c2)OCO3)n1. The maximum Gasteiger partial charge on any atom is 0.354 e. The van der Waals surface area contributed by atoms with Crippen molar-refractivity contribution in [3.8, 4) is 11.5 Å². The normalized spacial score (nSPS) is 18.4. The third-order valence-electron chi connectivity index (χ3n) is 4.48. The molecule has 1 N–H and O–H groups in total. The molecule has 2 aromatic rings. The van der Waals surface area contributed by atoms with E-state index in [0.29, 0.717) is 18.0 Å². The number of likely N-dealkylation sites (tertiary alicyclic amines) is 1. The van der Waals surface area contributed by atoms with Crippen molar-refractivity contribution in [2.24, 2.45) is 0 Å². The summed E-state index contributed by atoms with van der Waals surface area (Å²) in [5.74, 6) is -0.0232. The second-order valence-electron chi connectivity index (χ2n) is 5.98. The number of rotatable bonds is 3. The summed E-state index contributed by atoms with van der Waals surface area (Å²) >= 11 is 0. The Morgan fingerprint density at radius 3 is 2.76 bits per heavy atom. The topological polar surface area (TPSA) is 89.0 Å². The number of aromatic nitrogens is 1. The standard InChI is InChI=1S/C18H16N2O5/c21-17(12-3-1-4-13(19-12)18(22)23)20-8-2-5-14(20)11-6-7-15-16(9-11)25-10-24-15/h1,3-4,6-7,9,14H,2,5,8,10H2,(H,22,23). The molecular weight excluding hydrogens is 324 g/mol. The third-order valence-corrected chi connectivity index (χ3v) is 4.48. The number of amides is 1. The highest BCUT2D eigenvalue weighted by atomic mass is 16.7. The molecule has 1 atom stereocenters. The van der Waals surface area contributed by atoms with Crippen molar-refractivity contribution < 1.29 is 24.2 Å². The number of hydrogen-bond donors (Lipinski definition) is 1. The lowest BCUT2D eigenvalue weighted by Crippen LogP contribution is -2.31. The Bertz CT molecular complexity index is 851. The summed E-state index contributed by atoms with van der Waals surface area (Å²) in [6.45, 7) is 0.814. The smallest absolute Gasteiger partial charge is 0.354 e. The first kappa shape index (κ1) is 15.4. The number of hydrogen-bond acceptors (Lipinski definition) is 5. The molecule has 2 aliphatic rings. The third kappa shape index (κ3) is 2.77. The van der Waals surface area contributed by atoms with Crippen molar-refractivity contribution in [1.82, 2.24) is 9.88 Å². The molecule has 0 radical (unpaired) electrons. The lowest BCUT2D eigenvalue weighted by molar-refractivity contribution is 0.0689. The van der Waals surface area contributed by atoms with Gasteiger partial charge in [-0.2, -0.15) is 0 Å². The molecule has 25 heavy (non-hydrogen) atoms. The van der Waals surface area contributed by atoms with Crippen LogP contribution >= 0.6 is 0 Å². The number of carbonyl (C=O) groups is 2. The van der Waals surface area contributed by atoms with Gasteiger partial charge in [0.15, 0.2) is 11.5 Å². The van der Waals surface area contributed by atoms with Gasteiger partial charge in [0.25, 0.3) is 5.91 Å². The van der Waals surface area contributed by atoms with Crippen LogP contribution in [0.1, 0.15) is 45.4 Å². The number of carbonyl (C=O) groups excluding carboxylic acids is 1. The minimum absolute atomic E-state index is 0.0858. The van der Waals surface area contributed by atoms with Gasteiger partial charge in [-0.05, 0) is 42.7 Å². The number of aromatic carboxylic acids is 1. The van der Waals surface area contributed by atoms with Crippen LogP contribution in [-0.4, -0.2) is 40.2 Å². The number of fused-ring (bicyclic) bond motifs is 1. The van der Waals surface area contributed by atoms with Gasteiger partial charge in [-0.15, -0.1) is 0 Å². The molecule has 0 bridgehead atoms. The molecule has 128 valence electrons. The van der Waals surface area contributed by atoms with Crippen molar-refractivity contribution in [2.45, 2.75) is 18.9 Å².